The lowest BCUT2D eigenvalue weighted by Crippen LogP contribution is -2.11. The first-order valence-corrected chi connectivity index (χ1v) is 7.70. The molecule has 0 heterocycles. The van der Waals surface area contributed by atoms with Crippen molar-refractivity contribution >= 4 is 11.4 Å². The second kappa shape index (κ2) is 8.93. The predicted molar refractivity (Wildman–Crippen MR) is 76.6 cm³/mol. The van der Waals surface area contributed by atoms with Gasteiger partial charge in [0.2, 0.25) is 0 Å². The van der Waals surface area contributed by atoms with Crippen LogP contribution in [0.25, 0.3) is 0 Å². The lowest BCUT2D eigenvalue weighted by molar-refractivity contribution is 0.233. The minimum atomic E-state index is -2.28. The Labute approximate surface area is 117 Å². The monoisotopic (exact) mass is 286 g/mol. The highest BCUT2D eigenvalue weighted by molar-refractivity contribution is 7.74. The van der Waals surface area contributed by atoms with Crippen LogP contribution in [0.3, 0.4) is 0 Å². The van der Waals surface area contributed by atoms with E-state index in [0.29, 0.717) is 18.3 Å². The maximum Gasteiger partial charge on any atom is 0.357 e. The van der Waals surface area contributed by atoms with Crippen LogP contribution < -0.4 is 8.92 Å². The molecule has 0 aromatic heterocycles. The topological polar surface area (TPSA) is 55.8 Å². The molecule has 1 aromatic rings. The molecule has 0 aliphatic heterocycles. The SMILES string of the molecule is CCCCC(CC)COc1ccc(OS(=O)O)cc1. The first-order chi connectivity index (χ1) is 9.15. The van der Waals surface area contributed by atoms with Gasteiger partial charge in [0.05, 0.1) is 6.61 Å². The maximum atomic E-state index is 10.5. The van der Waals surface area contributed by atoms with E-state index in [9.17, 15) is 4.21 Å². The Morgan fingerprint density at radius 3 is 2.37 bits per heavy atom. The van der Waals surface area contributed by atoms with Gasteiger partial charge >= 0.3 is 11.4 Å². The van der Waals surface area contributed by atoms with Crippen molar-refractivity contribution in [3.05, 3.63) is 24.3 Å². The van der Waals surface area contributed by atoms with Gasteiger partial charge in [0, 0.05) is 0 Å². The Kier molecular flexibility index (Phi) is 7.52. The summed E-state index contributed by atoms with van der Waals surface area (Å²) in [4.78, 5) is 0. The average molecular weight is 286 g/mol. The van der Waals surface area contributed by atoms with Crippen molar-refractivity contribution in [1.29, 1.82) is 0 Å². The van der Waals surface area contributed by atoms with Crippen LogP contribution in [0.5, 0.6) is 11.5 Å². The number of unbranched alkanes of at least 4 members (excludes halogenated alkanes) is 1. The molecule has 0 bridgehead atoms. The Morgan fingerprint density at radius 1 is 1.21 bits per heavy atom. The summed E-state index contributed by atoms with van der Waals surface area (Å²) in [6.45, 7) is 5.08. The largest absolute Gasteiger partial charge is 0.493 e. The van der Waals surface area contributed by atoms with Gasteiger partial charge in [-0.3, -0.25) is 4.55 Å². The van der Waals surface area contributed by atoms with Gasteiger partial charge in [0.15, 0.2) is 0 Å². The van der Waals surface area contributed by atoms with Crippen LogP contribution in [0.4, 0.5) is 0 Å². The number of hydrogen-bond donors (Lipinski definition) is 1. The van der Waals surface area contributed by atoms with Gasteiger partial charge in [-0.1, -0.05) is 33.1 Å². The zero-order chi connectivity index (χ0) is 14.1. The zero-order valence-electron chi connectivity index (χ0n) is 11.5. The highest BCUT2D eigenvalue weighted by Gasteiger charge is 2.07. The third kappa shape index (κ3) is 6.59. The minimum absolute atomic E-state index is 0.353. The van der Waals surface area contributed by atoms with E-state index in [1.54, 1.807) is 24.3 Å². The molecule has 0 saturated heterocycles. The smallest absolute Gasteiger partial charge is 0.357 e. The van der Waals surface area contributed by atoms with Crippen molar-refractivity contribution in [2.75, 3.05) is 6.61 Å². The van der Waals surface area contributed by atoms with Crippen molar-refractivity contribution in [3.8, 4) is 11.5 Å². The van der Waals surface area contributed by atoms with E-state index in [2.05, 4.69) is 18.0 Å². The second-order valence-electron chi connectivity index (χ2n) is 4.50. The lowest BCUT2D eigenvalue weighted by Gasteiger charge is -2.15. The molecule has 1 N–H and O–H groups in total. The van der Waals surface area contributed by atoms with Gasteiger partial charge in [-0.15, -0.1) is 0 Å². The fraction of sp³-hybridized carbons (Fsp3) is 0.571. The van der Waals surface area contributed by atoms with Gasteiger partial charge in [-0.25, -0.2) is 0 Å². The molecule has 108 valence electrons. The highest BCUT2D eigenvalue weighted by atomic mass is 32.2. The van der Waals surface area contributed by atoms with Gasteiger partial charge in [0.25, 0.3) is 0 Å². The van der Waals surface area contributed by atoms with Crippen LogP contribution >= 0.6 is 0 Å². The summed E-state index contributed by atoms with van der Waals surface area (Å²) < 4.78 is 29.4. The molecular weight excluding hydrogens is 264 g/mol. The standard InChI is InChI=1S/C14H22O4S/c1-3-5-6-12(4-2)11-17-13-7-9-14(10-8-13)18-19(15)16/h7-10,12H,3-6,11H2,1-2H3,(H,15,16). The molecule has 0 spiro atoms. The molecule has 0 radical (unpaired) electrons. The second-order valence-corrected chi connectivity index (χ2v) is 5.10. The number of hydrogen-bond acceptors (Lipinski definition) is 3. The molecule has 4 nitrogen and oxygen atoms in total. The van der Waals surface area contributed by atoms with Gasteiger partial charge < -0.3 is 8.92 Å². The molecular formula is C14H22O4S. The normalized spacial score (nSPS) is 13.8. The van der Waals surface area contributed by atoms with Crippen LogP contribution in [-0.4, -0.2) is 15.4 Å². The summed E-state index contributed by atoms with van der Waals surface area (Å²) in [6.07, 6.45) is 4.75. The first-order valence-electron chi connectivity index (χ1n) is 6.67. The summed E-state index contributed by atoms with van der Waals surface area (Å²) in [6, 6.07) is 6.73. The Morgan fingerprint density at radius 2 is 1.84 bits per heavy atom. The summed E-state index contributed by atoms with van der Waals surface area (Å²) in [5.74, 6) is 1.69. The molecule has 0 amide bonds. The van der Waals surface area contributed by atoms with Crippen molar-refractivity contribution in [1.82, 2.24) is 0 Å². The van der Waals surface area contributed by atoms with Crippen molar-refractivity contribution < 1.29 is 17.7 Å². The number of benzene rings is 1. The average Bonchev–Trinajstić information content (AvgIpc) is 2.40. The molecule has 5 heteroatoms. The van der Waals surface area contributed by atoms with Crippen LogP contribution in [0.1, 0.15) is 39.5 Å². The minimum Gasteiger partial charge on any atom is -0.493 e. The van der Waals surface area contributed by atoms with Crippen LogP contribution in [-0.2, 0) is 11.4 Å². The Hall–Kier alpha value is -1.07. The fourth-order valence-corrected chi connectivity index (χ4v) is 2.06. The van der Waals surface area contributed by atoms with E-state index in [4.69, 9.17) is 9.29 Å². The molecule has 2 atom stereocenters. The van der Waals surface area contributed by atoms with Crippen molar-refractivity contribution in [2.24, 2.45) is 5.92 Å². The predicted octanol–water partition coefficient (Wildman–Crippen LogP) is 3.80. The summed E-state index contributed by atoms with van der Waals surface area (Å²) in [7, 11) is 0. The van der Waals surface area contributed by atoms with Gasteiger partial charge in [-0.2, -0.15) is 4.21 Å². The molecule has 0 aliphatic rings. The molecule has 19 heavy (non-hydrogen) atoms. The summed E-state index contributed by atoms with van der Waals surface area (Å²) in [5, 5.41) is 0. The summed E-state index contributed by atoms with van der Waals surface area (Å²) >= 11 is -2.28. The van der Waals surface area contributed by atoms with E-state index in [-0.39, 0.29) is 0 Å². The molecule has 0 saturated carbocycles. The van der Waals surface area contributed by atoms with E-state index in [0.717, 1.165) is 12.2 Å². The Balaban J connectivity index is 2.41. The zero-order valence-corrected chi connectivity index (χ0v) is 12.3. The number of rotatable bonds is 9. The molecule has 0 fully saturated rings. The highest BCUT2D eigenvalue weighted by Crippen LogP contribution is 2.20. The first kappa shape index (κ1) is 16.0. The van der Waals surface area contributed by atoms with Crippen LogP contribution in [0.15, 0.2) is 24.3 Å². The molecule has 2 unspecified atom stereocenters. The molecule has 0 aliphatic carbocycles. The van der Waals surface area contributed by atoms with Gasteiger partial charge in [-0.05, 0) is 36.6 Å². The molecule has 1 rings (SSSR count). The third-order valence-electron chi connectivity index (χ3n) is 3.02. The van der Waals surface area contributed by atoms with Crippen molar-refractivity contribution in [3.63, 3.8) is 0 Å². The van der Waals surface area contributed by atoms with E-state index in [1.165, 1.54) is 19.3 Å². The molecule has 1 aromatic carbocycles. The van der Waals surface area contributed by atoms with Gasteiger partial charge in [0.1, 0.15) is 11.5 Å². The van der Waals surface area contributed by atoms with Crippen molar-refractivity contribution in [2.45, 2.75) is 39.5 Å². The number of ether oxygens (including phenoxy) is 1. The fourth-order valence-electron chi connectivity index (χ4n) is 1.79. The maximum absolute atomic E-state index is 10.5. The van der Waals surface area contributed by atoms with Crippen LogP contribution in [0, 0.1) is 5.92 Å². The lowest BCUT2D eigenvalue weighted by atomic mass is 10.0. The Bertz CT molecular complexity index is 378. The third-order valence-corrected chi connectivity index (χ3v) is 3.36. The quantitative estimate of drug-likeness (QED) is 0.702. The summed E-state index contributed by atoms with van der Waals surface area (Å²) in [5.41, 5.74) is 0. The van der Waals surface area contributed by atoms with Crippen LogP contribution in [0.2, 0.25) is 0 Å². The van der Waals surface area contributed by atoms with E-state index < -0.39 is 11.4 Å². The van der Waals surface area contributed by atoms with E-state index in [1.807, 2.05) is 0 Å². The van der Waals surface area contributed by atoms with E-state index >= 15 is 0 Å².